The minimum Gasteiger partial charge on any atom is -0.492 e. The molecule has 11 heteroatoms. The van der Waals surface area contributed by atoms with Gasteiger partial charge in [-0.25, -0.2) is 9.78 Å². The van der Waals surface area contributed by atoms with E-state index in [2.05, 4.69) is 42.2 Å². The molecule has 4 heterocycles. The van der Waals surface area contributed by atoms with E-state index in [1.165, 1.54) is 0 Å². The number of carbonyl (C=O) groups is 1. The molecule has 0 saturated carbocycles. The standard InChI is InChI=1S/C22H31N9O2/c1-17-15-29(10-11-31(17)20-21-27-26-16-30(21)9-7-24-20)22(32)25-13-18-5-6-23-14-19(18)33-12-4-8-28(2)3/h5-7,9,14,16-17H,4,8,10-13,15H2,1-3H3,(H,25,32). The van der Waals surface area contributed by atoms with E-state index in [1.54, 1.807) is 24.9 Å². The third-order valence-electron chi connectivity index (χ3n) is 5.69. The first-order valence-electron chi connectivity index (χ1n) is 11.2. The first kappa shape index (κ1) is 22.7. The molecule has 3 aromatic rings. The van der Waals surface area contributed by atoms with Crippen molar-refractivity contribution in [3.8, 4) is 5.75 Å². The molecule has 1 unspecified atom stereocenters. The van der Waals surface area contributed by atoms with E-state index in [0.717, 1.165) is 30.0 Å². The Morgan fingerprint density at radius 1 is 1.30 bits per heavy atom. The Morgan fingerprint density at radius 3 is 3.00 bits per heavy atom. The molecule has 1 atom stereocenters. The maximum absolute atomic E-state index is 12.9. The normalized spacial score (nSPS) is 16.4. The van der Waals surface area contributed by atoms with Gasteiger partial charge < -0.3 is 24.8 Å². The lowest BCUT2D eigenvalue weighted by Crippen LogP contribution is -2.56. The minimum atomic E-state index is -0.0921. The SMILES string of the molecule is CC1CN(C(=O)NCc2ccncc2OCCCN(C)C)CCN1c1nccn2cnnc12. The van der Waals surface area contributed by atoms with E-state index in [-0.39, 0.29) is 12.1 Å². The van der Waals surface area contributed by atoms with E-state index in [0.29, 0.717) is 38.5 Å². The van der Waals surface area contributed by atoms with Crippen molar-refractivity contribution >= 4 is 17.5 Å². The lowest BCUT2D eigenvalue weighted by Gasteiger charge is -2.40. The van der Waals surface area contributed by atoms with Gasteiger partial charge in [0.25, 0.3) is 0 Å². The topological polar surface area (TPSA) is 104 Å². The Kier molecular flexibility index (Phi) is 7.18. The number of amides is 2. The Morgan fingerprint density at radius 2 is 2.18 bits per heavy atom. The van der Waals surface area contributed by atoms with Gasteiger partial charge in [0.05, 0.1) is 12.8 Å². The van der Waals surface area contributed by atoms with Crippen LogP contribution in [0.25, 0.3) is 5.65 Å². The zero-order valence-electron chi connectivity index (χ0n) is 19.4. The number of rotatable bonds is 8. The van der Waals surface area contributed by atoms with Crippen molar-refractivity contribution < 1.29 is 9.53 Å². The minimum absolute atomic E-state index is 0.0921. The van der Waals surface area contributed by atoms with Crippen LogP contribution in [-0.2, 0) is 6.54 Å². The number of piperazine rings is 1. The lowest BCUT2D eigenvalue weighted by atomic mass is 10.2. The van der Waals surface area contributed by atoms with Crippen molar-refractivity contribution in [2.45, 2.75) is 25.9 Å². The van der Waals surface area contributed by atoms with Gasteiger partial charge in [-0.1, -0.05) is 0 Å². The van der Waals surface area contributed by atoms with E-state index in [9.17, 15) is 4.79 Å². The number of carbonyl (C=O) groups excluding carboxylic acids is 1. The molecule has 1 aliphatic heterocycles. The molecule has 0 aromatic carbocycles. The molecule has 0 aliphatic carbocycles. The van der Waals surface area contributed by atoms with Crippen LogP contribution in [0.5, 0.6) is 5.75 Å². The van der Waals surface area contributed by atoms with E-state index in [4.69, 9.17) is 4.74 Å². The summed E-state index contributed by atoms with van der Waals surface area (Å²) in [5.74, 6) is 1.50. The number of hydrogen-bond acceptors (Lipinski definition) is 8. The van der Waals surface area contributed by atoms with Crippen LogP contribution in [0.3, 0.4) is 0 Å². The summed E-state index contributed by atoms with van der Waals surface area (Å²) in [5.41, 5.74) is 1.63. The fourth-order valence-corrected chi connectivity index (χ4v) is 3.93. The summed E-state index contributed by atoms with van der Waals surface area (Å²) in [6, 6.07) is 1.88. The summed E-state index contributed by atoms with van der Waals surface area (Å²) in [6.07, 6.45) is 9.57. The highest BCUT2D eigenvalue weighted by Gasteiger charge is 2.29. The molecule has 0 radical (unpaired) electrons. The van der Waals surface area contributed by atoms with Crippen LogP contribution in [0.2, 0.25) is 0 Å². The zero-order chi connectivity index (χ0) is 23.2. The van der Waals surface area contributed by atoms with Crippen molar-refractivity contribution in [1.82, 2.24) is 39.7 Å². The Balaban J connectivity index is 1.31. The second-order valence-corrected chi connectivity index (χ2v) is 8.45. The van der Waals surface area contributed by atoms with Crippen molar-refractivity contribution in [1.29, 1.82) is 0 Å². The molecule has 176 valence electrons. The molecule has 0 spiro atoms. The van der Waals surface area contributed by atoms with Crippen LogP contribution in [-0.4, -0.2) is 93.3 Å². The van der Waals surface area contributed by atoms with Gasteiger partial charge >= 0.3 is 6.03 Å². The molecule has 4 rings (SSSR count). The molecule has 3 aromatic heterocycles. The highest BCUT2D eigenvalue weighted by molar-refractivity contribution is 5.75. The zero-order valence-corrected chi connectivity index (χ0v) is 19.4. The first-order chi connectivity index (χ1) is 16.0. The van der Waals surface area contributed by atoms with Gasteiger partial charge in [-0.05, 0) is 33.5 Å². The number of ether oxygens (including phenoxy) is 1. The van der Waals surface area contributed by atoms with E-state index >= 15 is 0 Å². The average molecular weight is 454 g/mol. The Bertz CT molecular complexity index is 1070. The van der Waals surface area contributed by atoms with Crippen LogP contribution in [0.1, 0.15) is 18.9 Å². The molecule has 1 aliphatic rings. The van der Waals surface area contributed by atoms with Crippen molar-refractivity contribution in [2.24, 2.45) is 0 Å². The van der Waals surface area contributed by atoms with Gasteiger partial charge in [0.1, 0.15) is 12.1 Å². The smallest absolute Gasteiger partial charge is 0.317 e. The monoisotopic (exact) mass is 453 g/mol. The van der Waals surface area contributed by atoms with Crippen LogP contribution >= 0.6 is 0 Å². The summed E-state index contributed by atoms with van der Waals surface area (Å²) >= 11 is 0. The van der Waals surface area contributed by atoms with E-state index in [1.807, 2.05) is 35.7 Å². The van der Waals surface area contributed by atoms with Gasteiger partial charge in [-0.15, -0.1) is 10.2 Å². The summed E-state index contributed by atoms with van der Waals surface area (Å²) in [6.45, 7) is 5.89. The van der Waals surface area contributed by atoms with Crippen molar-refractivity contribution in [3.63, 3.8) is 0 Å². The Hall–Kier alpha value is -3.47. The van der Waals surface area contributed by atoms with Gasteiger partial charge in [0.2, 0.25) is 5.65 Å². The van der Waals surface area contributed by atoms with Gasteiger partial charge in [-0.2, -0.15) is 0 Å². The number of anilines is 1. The van der Waals surface area contributed by atoms with Crippen LogP contribution in [0.15, 0.2) is 37.2 Å². The molecule has 11 nitrogen and oxygen atoms in total. The number of nitrogens with one attached hydrogen (secondary N) is 1. The largest absolute Gasteiger partial charge is 0.492 e. The second-order valence-electron chi connectivity index (χ2n) is 8.45. The predicted octanol–water partition coefficient (Wildman–Crippen LogP) is 1.27. The molecular weight excluding hydrogens is 422 g/mol. The summed E-state index contributed by atoms with van der Waals surface area (Å²) < 4.78 is 7.74. The molecule has 1 saturated heterocycles. The van der Waals surface area contributed by atoms with Gasteiger partial charge in [-0.3, -0.25) is 9.38 Å². The number of nitrogens with zero attached hydrogens (tertiary/aromatic N) is 8. The van der Waals surface area contributed by atoms with Gasteiger partial charge in [0.15, 0.2) is 5.82 Å². The highest BCUT2D eigenvalue weighted by Crippen LogP contribution is 2.22. The summed E-state index contributed by atoms with van der Waals surface area (Å²) in [4.78, 5) is 27.7. The third-order valence-corrected chi connectivity index (χ3v) is 5.69. The maximum atomic E-state index is 12.9. The second kappa shape index (κ2) is 10.4. The fourth-order valence-electron chi connectivity index (χ4n) is 3.93. The number of urea groups is 1. The fraction of sp³-hybridized carbons (Fsp3) is 0.500. The highest BCUT2D eigenvalue weighted by atomic mass is 16.5. The number of aromatic nitrogens is 5. The maximum Gasteiger partial charge on any atom is 0.317 e. The summed E-state index contributed by atoms with van der Waals surface area (Å²) in [5, 5.41) is 11.2. The molecule has 2 amide bonds. The predicted molar refractivity (Wildman–Crippen MR) is 124 cm³/mol. The lowest BCUT2D eigenvalue weighted by molar-refractivity contribution is 0.186. The number of hydrogen-bond donors (Lipinski definition) is 1. The number of pyridine rings is 1. The van der Waals surface area contributed by atoms with Crippen molar-refractivity contribution in [2.75, 3.05) is 51.8 Å². The molecule has 0 bridgehead atoms. The molecule has 1 N–H and O–H groups in total. The third kappa shape index (κ3) is 5.48. The number of fused-ring (bicyclic) bond motifs is 1. The van der Waals surface area contributed by atoms with Crippen LogP contribution in [0.4, 0.5) is 10.6 Å². The first-order valence-corrected chi connectivity index (χ1v) is 11.2. The molecular formula is C22H31N9O2. The average Bonchev–Trinajstić information content (AvgIpc) is 3.30. The van der Waals surface area contributed by atoms with Crippen LogP contribution < -0.4 is 15.0 Å². The quantitative estimate of drug-likeness (QED) is 0.509. The molecule has 33 heavy (non-hydrogen) atoms. The van der Waals surface area contributed by atoms with Gasteiger partial charge in [0, 0.05) is 62.9 Å². The van der Waals surface area contributed by atoms with Crippen LogP contribution in [0, 0.1) is 0 Å². The summed E-state index contributed by atoms with van der Waals surface area (Å²) in [7, 11) is 4.08. The van der Waals surface area contributed by atoms with E-state index < -0.39 is 0 Å². The van der Waals surface area contributed by atoms with Crippen molar-refractivity contribution in [3.05, 3.63) is 42.7 Å². The molecule has 1 fully saturated rings. The Labute approximate surface area is 193 Å².